The fourth-order valence-corrected chi connectivity index (χ4v) is 3.36. The van der Waals surface area contributed by atoms with E-state index < -0.39 is 11.4 Å². The Morgan fingerprint density at radius 3 is 2.64 bits per heavy atom. The summed E-state index contributed by atoms with van der Waals surface area (Å²) in [6, 6.07) is 11.9. The number of primary amides is 1. The highest BCUT2D eigenvalue weighted by Crippen LogP contribution is 2.38. The molecule has 1 saturated carbocycles. The average molecular weight is 338 g/mol. The largest absolute Gasteiger partial charge is 0.365 e. The number of nitrogens with one attached hydrogen (secondary N) is 1. The van der Waals surface area contributed by atoms with Crippen molar-refractivity contribution in [3.8, 4) is 6.07 Å². The number of nitrogens with zero attached hydrogens (tertiary/aromatic N) is 3. The van der Waals surface area contributed by atoms with E-state index in [0.29, 0.717) is 17.8 Å². The minimum Gasteiger partial charge on any atom is -0.365 e. The zero-order valence-electron chi connectivity index (χ0n) is 14.0. The molecule has 1 aromatic carbocycles. The number of benzene rings is 1. The van der Waals surface area contributed by atoms with Crippen LogP contribution in [0.3, 0.4) is 0 Å². The minimum atomic E-state index is -0.552. The van der Waals surface area contributed by atoms with Gasteiger partial charge in [-0.2, -0.15) is 10.4 Å². The number of nitriles is 1. The molecule has 1 heterocycles. The minimum absolute atomic E-state index is 0.153. The van der Waals surface area contributed by atoms with Crippen LogP contribution in [0.2, 0.25) is 0 Å². The second-order valence-corrected chi connectivity index (χ2v) is 6.59. The van der Waals surface area contributed by atoms with Gasteiger partial charge in [-0.1, -0.05) is 18.2 Å². The van der Waals surface area contributed by atoms with Gasteiger partial charge < -0.3 is 16.8 Å². The van der Waals surface area contributed by atoms with E-state index in [1.165, 1.54) is 0 Å². The molecule has 0 atom stereocenters. The molecule has 5 N–H and O–H groups in total. The van der Waals surface area contributed by atoms with E-state index in [4.69, 9.17) is 11.5 Å². The second kappa shape index (κ2) is 6.95. The summed E-state index contributed by atoms with van der Waals surface area (Å²) in [5, 5.41) is 17.0. The molecule has 0 aliphatic heterocycles. The molecule has 1 amide bonds. The summed E-state index contributed by atoms with van der Waals surface area (Å²) in [5.74, 6) is -0.143. The summed E-state index contributed by atoms with van der Waals surface area (Å²) in [7, 11) is 0. The number of hydrogen-bond acceptors (Lipinski definition) is 5. The van der Waals surface area contributed by atoms with Crippen LogP contribution in [0.15, 0.2) is 36.5 Å². The van der Waals surface area contributed by atoms with Crippen LogP contribution in [0.4, 0.5) is 11.5 Å². The number of carbonyl (C=O) groups is 1. The topological polar surface area (TPSA) is 123 Å². The lowest BCUT2D eigenvalue weighted by Crippen LogP contribution is -2.41. The van der Waals surface area contributed by atoms with E-state index in [1.54, 1.807) is 10.9 Å². The van der Waals surface area contributed by atoms with Gasteiger partial charge >= 0.3 is 0 Å². The molecule has 1 aromatic heterocycles. The second-order valence-electron chi connectivity index (χ2n) is 6.59. The van der Waals surface area contributed by atoms with Crippen LogP contribution in [0.1, 0.15) is 42.5 Å². The summed E-state index contributed by atoms with van der Waals surface area (Å²) in [4.78, 5) is 11.9. The third-order valence-electron chi connectivity index (χ3n) is 4.87. The Balaban J connectivity index is 1.97. The molecule has 0 saturated heterocycles. The van der Waals surface area contributed by atoms with E-state index in [1.807, 2.05) is 30.3 Å². The van der Waals surface area contributed by atoms with Gasteiger partial charge in [0, 0.05) is 17.9 Å². The van der Waals surface area contributed by atoms with Crippen LogP contribution in [0.5, 0.6) is 0 Å². The van der Waals surface area contributed by atoms with Crippen molar-refractivity contribution >= 4 is 17.4 Å². The highest BCUT2D eigenvalue weighted by molar-refractivity contribution is 5.98. The molecule has 7 heteroatoms. The fourth-order valence-electron chi connectivity index (χ4n) is 3.36. The van der Waals surface area contributed by atoms with Gasteiger partial charge in [-0.3, -0.25) is 9.48 Å². The maximum atomic E-state index is 11.9. The molecule has 1 fully saturated rings. The highest BCUT2D eigenvalue weighted by atomic mass is 16.1. The molecule has 0 unspecified atom stereocenters. The molecule has 0 radical (unpaired) electrons. The number of anilines is 2. The van der Waals surface area contributed by atoms with Crippen LogP contribution in [0, 0.1) is 11.3 Å². The van der Waals surface area contributed by atoms with Gasteiger partial charge in [-0.05, 0) is 37.8 Å². The van der Waals surface area contributed by atoms with Crippen molar-refractivity contribution in [2.45, 2.75) is 43.7 Å². The lowest BCUT2D eigenvalue weighted by atomic mass is 9.78. The smallest absolute Gasteiger partial charge is 0.254 e. The first-order valence-electron chi connectivity index (χ1n) is 8.39. The molecule has 3 rings (SSSR count). The zero-order valence-corrected chi connectivity index (χ0v) is 14.0. The third-order valence-corrected chi connectivity index (χ3v) is 4.87. The monoisotopic (exact) mass is 338 g/mol. The van der Waals surface area contributed by atoms with Crippen LogP contribution in [-0.4, -0.2) is 21.7 Å². The summed E-state index contributed by atoms with van der Waals surface area (Å²) >= 11 is 0. The number of carbonyl (C=O) groups excluding carboxylic acids is 1. The number of amides is 1. The molecule has 25 heavy (non-hydrogen) atoms. The van der Waals surface area contributed by atoms with Crippen molar-refractivity contribution in [1.29, 1.82) is 5.26 Å². The molecule has 1 aliphatic carbocycles. The molecule has 0 spiro atoms. The molecular formula is C18H22N6O. The van der Waals surface area contributed by atoms with E-state index in [0.717, 1.165) is 31.4 Å². The maximum Gasteiger partial charge on any atom is 0.254 e. The highest BCUT2D eigenvalue weighted by Gasteiger charge is 2.38. The van der Waals surface area contributed by atoms with Crippen LogP contribution >= 0.6 is 0 Å². The van der Waals surface area contributed by atoms with Crippen molar-refractivity contribution in [3.05, 3.63) is 42.1 Å². The van der Waals surface area contributed by atoms with Gasteiger partial charge in [-0.25, -0.2) is 0 Å². The Labute approximate surface area is 146 Å². The van der Waals surface area contributed by atoms with E-state index >= 15 is 0 Å². The Bertz CT molecular complexity index is 784. The Hall–Kier alpha value is -2.85. The lowest BCUT2D eigenvalue weighted by molar-refractivity contribution is 0.1000. The summed E-state index contributed by atoms with van der Waals surface area (Å²) in [6.45, 7) is 0. The average Bonchev–Trinajstić information content (AvgIpc) is 3.03. The fraction of sp³-hybridized carbons (Fsp3) is 0.389. The van der Waals surface area contributed by atoms with Crippen molar-refractivity contribution in [2.24, 2.45) is 11.5 Å². The van der Waals surface area contributed by atoms with Gasteiger partial charge in [0.25, 0.3) is 5.91 Å². The molecule has 1 aliphatic rings. The SMILES string of the molecule is N#CCC1(n2cc(C(N)=O)c(Nc3ccccc3)n2)CCC(N)CC1. The first-order valence-corrected chi connectivity index (χ1v) is 8.39. The van der Waals surface area contributed by atoms with Crippen molar-refractivity contribution in [3.63, 3.8) is 0 Å². The normalized spacial score (nSPS) is 23.0. The third kappa shape index (κ3) is 3.49. The quantitative estimate of drug-likeness (QED) is 0.771. The maximum absolute atomic E-state index is 11.9. The Kier molecular flexibility index (Phi) is 4.72. The van der Waals surface area contributed by atoms with E-state index in [9.17, 15) is 10.1 Å². The Morgan fingerprint density at radius 1 is 1.36 bits per heavy atom. The molecule has 0 bridgehead atoms. The molecule has 2 aromatic rings. The standard InChI is InChI=1S/C18H22N6O/c19-11-10-18(8-6-13(20)7-9-18)24-12-15(16(21)25)17(23-24)22-14-4-2-1-3-5-14/h1-5,12-13H,6-10,20H2,(H2,21,25)(H,22,23). The summed E-state index contributed by atoms with van der Waals surface area (Å²) < 4.78 is 1.74. The summed E-state index contributed by atoms with van der Waals surface area (Å²) in [6.07, 6.45) is 5.15. The van der Waals surface area contributed by atoms with Crippen LogP contribution in [-0.2, 0) is 5.54 Å². The van der Waals surface area contributed by atoms with Crippen LogP contribution < -0.4 is 16.8 Å². The molecule has 130 valence electrons. The first kappa shape index (κ1) is 17.0. The summed E-state index contributed by atoms with van der Waals surface area (Å²) in [5.41, 5.74) is 12.2. The van der Waals surface area contributed by atoms with Gasteiger partial charge in [0.15, 0.2) is 5.82 Å². The predicted octanol–water partition coefficient (Wildman–Crippen LogP) is 2.24. The van der Waals surface area contributed by atoms with Crippen molar-refractivity contribution in [1.82, 2.24) is 9.78 Å². The van der Waals surface area contributed by atoms with Gasteiger partial charge in [0.2, 0.25) is 0 Å². The molecular weight excluding hydrogens is 316 g/mol. The number of aromatic nitrogens is 2. The number of rotatable bonds is 5. The first-order chi connectivity index (χ1) is 12.0. The van der Waals surface area contributed by atoms with E-state index in [2.05, 4.69) is 16.5 Å². The number of para-hydroxylation sites is 1. The van der Waals surface area contributed by atoms with Gasteiger partial charge in [0.05, 0.1) is 18.0 Å². The van der Waals surface area contributed by atoms with Crippen molar-refractivity contribution < 1.29 is 4.79 Å². The van der Waals surface area contributed by atoms with Gasteiger partial charge in [0.1, 0.15) is 5.56 Å². The van der Waals surface area contributed by atoms with E-state index in [-0.39, 0.29) is 6.04 Å². The Morgan fingerprint density at radius 2 is 2.04 bits per heavy atom. The lowest BCUT2D eigenvalue weighted by Gasteiger charge is -2.38. The molecule has 7 nitrogen and oxygen atoms in total. The predicted molar refractivity (Wildman–Crippen MR) is 95.1 cm³/mol. The van der Waals surface area contributed by atoms with Crippen molar-refractivity contribution in [2.75, 3.05) is 5.32 Å². The van der Waals surface area contributed by atoms with Crippen LogP contribution in [0.25, 0.3) is 0 Å². The number of hydrogen-bond donors (Lipinski definition) is 3. The van der Waals surface area contributed by atoms with Gasteiger partial charge in [-0.15, -0.1) is 0 Å². The number of nitrogens with two attached hydrogens (primary N) is 2. The zero-order chi connectivity index (χ0) is 17.9.